The summed E-state index contributed by atoms with van der Waals surface area (Å²) >= 11 is 0. The van der Waals surface area contributed by atoms with E-state index in [4.69, 9.17) is 4.74 Å². The van der Waals surface area contributed by atoms with Gasteiger partial charge in [-0.05, 0) is 67.5 Å². The maximum atomic E-state index is 12.9. The van der Waals surface area contributed by atoms with Crippen LogP contribution in [0.2, 0.25) is 0 Å². The van der Waals surface area contributed by atoms with Crippen molar-refractivity contribution in [3.05, 3.63) is 53.1 Å². The highest BCUT2D eigenvalue weighted by Gasteiger charge is 2.21. The Morgan fingerprint density at radius 3 is 2.23 bits per heavy atom. The largest absolute Gasteiger partial charge is 0.493 e. The predicted molar refractivity (Wildman–Crippen MR) is 138 cm³/mol. The van der Waals surface area contributed by atoms with E-state index in [9.17, 15) is 15.0 Å². The summed E-state index contributed by atoms with van der Waals surface area (Å²) in [5, 5.41) is 22.4. The fourth-order valence-electron chi connectivity index (χ4n) is 5.16. The van der Waals surface area contributed by atoms with Crippen LogP contribution < -0.4 is 10.1 Å². The molecule has 3 N–H and O–H groups in total. The van der Waals surface area contributed by atoms with Gasteiger partial charge in [0.1, 0.15) is 5.75 Å². The van der Waals surface area contributed by atoms with Gasteiger partial charge in [0.05, 0.1) is 18.8 Å². The van der Waals surface area contributed by atoms with Gasteiger partial charge in [0.2, 0.25) is 0 Å². The molecule has 190 valence electrons. The maximum absolute atomic E-state index is 12.9. The number of likely N-dealkylation sites (tertiary alicyclic amines) is 2. The number of carbonyl (C=O) groups is 1. The van der Waals surface area contributed by atoms with Crippen molar-refractivity contribution in [2.75, 3.05) is 52.4 Å². The normalized spacial score (nSPS) is 20.9. The number of carbonyl (C=O) groups excluding carboxylic acids is 1. The standard InChI is InChI=1S/C28H39N3O4/c1-20-24(6-3-8-26(20)28(34)29-12-16-31-15-11-23(33)19-31)25-7-4-9-27(21(25)2)35-17-5-13-30-14-10-22(32)18-30/h3-4,6-9,22-23,32-33H,5,10-19H2,1-2H3,(H,29,34). The predicted octanol–water partition coefficient (Wildman–Crippen LogP) is 2.60. The molecule has 2 fully saturated rings. The van der Waals surface area contributed by atoms with E-state index >= 15 is 0 Å². The van der Waals surface area contributed by atoms with E-state index in [1.165, 1.54) is 0 Å². The second-order valence-electron chi connectivity index (χ2n) is 9.85. The zero-order valence-corrected chi connectivity index (χ0v) is 21.0. The van der Waals surface area contributed by atoms with Crippen LogP contribution in [0.25, 0.3) is 11.1 Å². The first-order chi connectivity index (χ1) is 16.9. The Morgan fingerprint density at radius 2 is 1.57 bits per heavy atom. The minimum absolute atomic E-state index is 0.0683. The van der Waals surface area contributed by atoms with E-state index in [1.807, 2.05) is 31.2 Å². The van der Waals surface area contributed by atoms with Crippen molar-refractivity contribution < 1.29 is 19.7 Å². The van der Waals surface area contributed by atoms with Crippen molar-refractivity contribution in [3.63, 3.8) is 0 Å². The summed E-state index contributed by atoms with van der Waals surface area (Å²) in [6, 6.07) is 12.0. The van der Waals surface area contributed by atoms with Crippen LogP contribution in [-0.2, 0) is 0 Å². The summed E-state index contributed by atoms with van der Waals surface area (Å²) in [6.07, 6.45) is 2.16. The molecule has 0 bridgehead atoms. The third-order valence-electron chi connectivity index (χ3n) is 7.24. The number of nitrogens with zero attached hydrogens (tertiary/aromatic N) is 2. The van der Waals surface area contributed by atoms with Crippen molar-refractivity contribution >= 4 is 5.91 Å². The average molecular weight is 482 g/mol. The number of rotatable bonds is 10. The van der Waals surface area contributed by atoms with Crippen LogP contribution >= 0.6 is 0 Å². The summed E-state index contributed by atoms with van der Waals surface area (Å²) in [6.45, 7) is 10.2. The van der Waals surface area contributed by atoms with Crippen molar-refractivity contribution in [3.8, 4) is 16.9 Å². The molecular weight excluding hydrogens is 442 g/mol. The second-order valence-corrected chi connectivity index (χ2v) is 9.85. The maximum Gasteiger partial charge on any atom is 0.251 e. The third kappa shape index (κ3) is 6.61. The molecule has 7 nitrogen and oxygen atoms in total. The number of amides is 1. The average Bonchev–Trinajstić information content (AvgIpc) is 3.45. The Kier molecular flexibility index (Phi) is 8.78. The SMILES string of the molecule is Cc1c(OCCCN2CCC(O)C2)cccc1-c1cccc(C(=O)NCCN2CCC(O)C2)c1C. The Morgan fingerprint density at radius 1 is 0.943 bits per heavy atom. The number of nitrogens with one attached hydrogen (secondary N) is 1. The molecule has 0 radical (unpaired) electrons. The molecular formula is C28H39N3O4. The summed E-state index contributed by atoms with van der Waals surface area (Å²) in [4.78, 5) is 17.4. The summed E-state index contributed by atoms with van der Waals surface area (Å²) in [5.74, 6) is 0.798. The first-order valence-corrected chi connectivity index (χ1v) is 12.8. The smallest absolute Gasteiger partial charge is 0.251 e. The zero-order valence-electron chi connectivity index (χ0n) is 21.0. The van der Waals surface area contributed by atoms with Crippen LogP contribution in [0.3, 0.4) is 0 Å². The molecule has 0 aliphatic carbocycles. The van der Waals surface area contributed by atoms with Gasteiger partial charge in [-0.3, -0.25) is 9.69 Å². The van der Waals surface area contributed by atoms with E-state index in [2.05, 4.69) is 34.2 Å². The quantitative estimate of drug-likeness (QED) is 0.453. The minimum atomic E-state index is -0.244. The number of aliphatic hydroxyl groups excluding tert-OH is 2. The third-order valence-corrected chi connectivity index (χ3v) is 7.24. The lowest BCUT2D eigenvalue weighted by atomic mass is 9.93. The van der Waals surface area contributed by atoms with Crippen LogP contribution in [-0.4, -0.2) is 90.5 Å². The molecule has 2 aliphatic rings. The van der Waals surface area contributed by atoms with Gasteiger partial charge in [-0.1, -0.05) is 24.3 Å². The van der Waals surface area contributed by atoms with Gasteiger partial charge in [-0.15, -0.1) is 0 Å². The van der Waals surface area contributed by atoms with Crippen LogP contribution in [0.4, 0.5) is 0 Å². The molecule has 0 saturated carbocycles. The van der Waals surface area contributed by atoms with Crippen LogP contribution in [0.1, 0.15) is 40.7 Å². The van der Waals surface area contributed by atoms with E-state index in [0.717, 1.165) is 80.0 Å². The Balaban J connectivity index is 1.36. The number of β-amino-alcohol motifs (C(OH)–C–C–N with tert-alkyl or cyclic N) is 2. The highest BCUT2D eigenvalue weighted by atomic mass is 16.5. The molecule has 7 heteroatoms. The van der Waals surface area contributed by atoms with Crippen LogP contribution in [0.5, 0.6) is 5.75 Å². The van der Waals surface area contributed by atoms with E-state index in [0.29, 0.717) is 25.3 Å². The first-order valence-electron chi connectivity index (χ1n) is 12.8. The highest BCUT2D eigenvalue weighted by Crippen LogP contribution is 2.33. The number of ether oxygens (including phenoxy) is 1. The number of hydrogen-bond acceptors (Lipinski definition) is 6. The van der Waals surface area contributed by atoms with Gasteiger partial charge in [0.25, 0.3) is 5.91 Å². The van der Waals surface area contributed by atoms with Crippen molar-refractivity contribution in [2.24, 2.45) is 0 Å². The lowest BCUT2D eigenvalue weighted by Gasteiger charge is -2.18. The number of aliphatic hydroxyl groups is 2. The first kappa shape index (κ1) is 25.6. The molecule has 0 aromatic heterocycles. The summed E-state index contributed by atoms with van der Waals surface area (Å²) in [5.41, 5.74) is 4.81. The monoisotopic (exact) mass is 481 g/mol. The number of benzene rings is 2. The molecule has 1 amide bonds. The van der Waals surface area contributed by atoms with Gasteiger partial charge >= 0.3 is 0 Å². The van der Waals surface area contributed by atoms with E-state index in [1.54, 1.807) is 0 Å². The lowest BCUT2D eigenvalue weighted by molar-refractivity contribution is 0.0948. The van der Waals surface area contributed by atoms with Crippen molar-refractivity contribution in [1.82, 2.24) is 15.1 Å². The summed E-state index contributed by atoms with van der Waals surface area (Å²) < 4.78 is 6.12. The molecule has 2 aromatic rings. The molecule has 2 heterocycles. The van der Waals surface area contributed by atoms with Gasteiger partial charge < -0.3 is 25.2 Å². The van der Waals surface area contributed by atoms with Gasteiger partial charge in [0, 0.05) is 51.4 Å². The van der Waals surface area contributed by atoms with E-state index in [-0.39, 0.29) is 18.1 Å². The fraction of sp³-hybridized carbons (Fsp3) is 0.536. The van der Waals surface area contributed by atoms with Crippen molar-refractivity contribution in [2.45, 2.75) is 45.3 Å². The summed E-state index contributed by atoms with van der Waals surface area (Å²) in [7, 11) is 0. The Bertz CT molecular complexity index is 1010. The molecule has 2 atom stereocenters. The molecule has 4 rings (SSSR count). The zero-order chi connectivity index (χ0) is 24.8. The van der Waals surface area contributed by atoms with Crippen molar-refractivity contribution in [1.29, 1.82) is 0 Å². The van der Waals surface area contributed by atoms with Crippen LogP contribution in [0.15, 0.2) is 36.4 Å². The topological polar surface area (TPSA) is 85.3 Å². The molecule has 2 aliphatic heterocycles. The highest BCUT2D eigenvalue weighted by molar-refractivity contribution is 5.97. The van der Waals surface area contributed by atoms with Gasteiger partial charge in [-0.2, -0.15) is 0 Å². The Hall–Kier alpha value is -2.45. The molecule has 0 spiro atoms. The lowest BCUT2D eigenvalue weighted by Crippen LogP contribution is -2.34. The van der Waals surface area contributed by atoms with E-state index < -0.39 is 0 Å². The molecule has 2 aromatic carbocycles. The van der Waals surface area contributed by atoms with Gasteiger partial charge in [-0.25, -0.2) is 0 Å². The molecule has 2 unspecified atom stereocenters. The van der Waals surface area contributed by atoms with Gasteiger partial charge in [0.15, 0.2) is 0 Å². The second kappa shape index (κ2) is 12.0. The molecule has 2 saturated heterocycles. The molecule has 35 heavy (non-hydrogen) atoms. The number of hydrogen-bond donors (Lipinski definition) is 3. The van der Waals surface area contributed by atoms with Crippen LogP contribution in [0, 0.1) is 13.8 Å². The minimum Gasteiger partial charge on any atom is -0.493 e. The Labute approximate surface area is 208 Å². The fourth-order valence-corrected chi connectivity index (χ4v) is 5.16.